The maximum atomic E-state index is 11.2. The van der Waals surface area contributed by atoms with E-state index in [1.807, 2.05) is 14.0 Å². The van der Waals surface area contributed by atoms with Gasteiger partial charge in [0.1, 0.15) is 0 Å². The minimum Gasteiger partial charge on any atom is -0.373 e. The third-order valence-electron chi connectivity index (χ3n) is 2.62. The van der Waals surface area contributed by atoms with Crippen LogP contribution in [-0.2, 0) is 13.8 Å². The number of halogens is 1. The van der Waals surface area contributed by atoms with Crippen LogP contribution >= 0.6 is 10.7 Å². The molecule has 0 aliphatic carbocycles. The average Bonchev–Trinajstić information content (AvgIpc) is 1.99. The van der Waals surface area contributed by atoms with Gasteiger partial charge < -0.3 is 9.64 Å². The molecule has 1 fully saturated rings. The molecule has 0 aromatic rings. The lowest BCUT2D eigenvalue weighted by atomic mass is 9.95. The van der Waals surface area contributed by atoms with Crippen molar-refractivity contribution in [2.45, 2.75) is 25.4 Å². The van der Waals surface area contributed by atoms with Crippen molar-refractivity contribution in [3.05, 3.63) is 0 Å². The summed E-state index contributed by atoms with van der Waals surface area (Å²) in [7, 11) is 3.77. The number of piperidine rings is 1. The lowest BCUT2D eigenvalue weighted by Crippen LogP contribution is -2.52. The highest BCUT2D eigenvalue weighted by molar-refractivity contribution is 8.13. The first-order valence-corrected chi connectivity index (χ1v) is 7.59. The fourth-order valence-corrected chi connectivity index (χ4v) is 3.76. The standard InChI is InChI=1S/C9H18ClNO3S/c1-3-14-9(8-15(10,12)13)5-4-6-11(2)7-9/h3-8H2,1-2H3. The van der Waals surface area contributed by atoms with Crippen LogP contribution in [0.1, 0.15) is 19.8 Å². The molecule has 1 aliphatic rings. The van der Waals surface area contributed by atoms with Crippen LogP contribution in [0.3, 0.4) is 0 Å². The minimum atomic E-state index is -3.51. The maximum absolute atomic E-state index is 11.2. The summed E-state index contributed by atoms with van der Waals surface area (Å²) in [5.41, 5.74) is -0.609. The Morgan fingerprint density at radius 2 is 2.20 bits per heavy atom. The zero-order valence-electron chi connectivity index (χ0n) is 9.20. The van der Waals surface area contributed by atoms with Crippen LogP contribution in [-0.4, -0.2) is 51.4 Å². The smallest absolute Gasteiger partial charge is 0.235 e. The first-order chi connectivity index (χ1) is 6.87. The second-order valence-electron chi connectivity index (χ2n) is 4.14. The number of likely N-dealkylation sites (tertiary alicyclic amines) is 1. The van der Waals surface area contributed by atoms with Crippen LogP contribution in [0.25, 0.3) is 0 Å². The van der Waals surface area contributed by atoms with E-state index in [2.05, 4.69) is 4.90 Å². The summed E-state index contributed by atoms with van der Waals surface area (Å²) < 4.78 is 27.9. The Morgan fingerprint density at radius 1 is 1.53 bits per heavy atom. The summed E-state index contributed by atoms with van der Waals surface area (Å²) in [5, 5.41) is 0. The van der Waals surface area contributed by atoms with Gasteiger partial charge in [0.25, 0.3) is 0 Å². The van der Waals surface area contributed by atoms with Gasteiger partial charge in [-0.2, -0.15) is 0 Å². The Balaban J connectivity index is 2.77. The SMILES string of the molecule is CCOC1(CS(=O)(=O)Cl)CCCN(C)C1. The summed E-state index contributed by atoms with van der Waals surface area (Å²) in [6.45, 7) is 4.00. The molecule has 0 amide bonds. The zero-order chi connectivity index (χ0) is 11.5. The van der Waals surface area contributed by atoms with Crippen molar-refractivity contribution < 1.29 is 13.2 Å². The minimum absolute atomic E-state index is 0.0975. The molecule has 1 atom stereocenters. The summed E-state index contributed by atoms with van der Waals surface area (Å²) in [6, 6.07) is 0. The first kappa shape index (κ1) is 13.2. The number of hydrogen-bond donors (Lipinski definition) is 0. The van der Waals surface area contributed by atoms with Gasteiger partial charge in [-0.1, -0.05) is 0 Å². The van der Waals surface area contributed by atoms with Crippen molar-refractivity contribution >= 4 is 19.7 Å². The van der Waals surface area contributed by atoms with Crippen molar-refractivity contribution in [3.63, 3.8) is 0 Å². The van der Waals surface area contributed by atoms with Crippen LogP contribution in [0.2, 0.25) is 0 Å². The molecule has 0 saturated carbocycles. The van der Waals surface area contributed by atoms with Crippen LogP contribution < -0.4 is 0 Å². The van der Waals surface area contributed by atoms with Crippen LogP contribution in [0.15, 0.2) is 0 Å². The third-order valence-corrected chi connectivity index (χ3v) is 3.81. The zero-order valence-corrected chi connectivity index (χ0v) is 10.8. The van der Waals surface area contributed by atoms with E-state index in [-0.39, 0.29) is 5.75 Å². The number of nitrogens with zero attached hydrogens (tertiary/aromatic N) is 1. The fraction of sp³-hybridized carbons (Fsp3) is 1.00. The molecule has 0 N–H and O–H groups in total. The van der Waals surface area contributed by atoms with Gasteiger partial charge in [0.05, 0.1) is 11.4 Å². The number of rotatable bonds is 4. The molecule has 1 rings (SSSR count). The predicted molar refractivity (Wildman–Crippen MR) is 60.7 cm³/mol. The van der Waals surface area contributed by atoms with Crippen molar-refractivity contribution in [2.24, 2.45) is 0 Å². The summed E-state index contributed by atoms with van der Waals surface area (Å²) in [4.78, 5) is 2.08. The second-order valence-corrected chi connectivity index (χ2v) is 6.92. The molecule has 1 saturated heterocycles. The van der Waals surface area contributed by atoms with Crippen LogP contribution in [0.4, 0.5) is 0 Å². The summed E-state index contributed by atoms with van der Waals surface area (Å²) in [6.07, 6.45) is 1.71. The molecule has 0 aromatic carbocycles. The lowest BCUT2D eigenvalue weighted by molar-refractivity contribution is -0.0645. The van der Waals surface area contributed by atoms with Crippen molar-refractivity contribution in [1.82, 2.24) is 4.90 Å². The van der Waals surface area contributed by atoms with E-state index in [9.17, 15) is 8.42 Å². The highest BCUT2D eigenvalue weighted by Crippen LogP contribution is 2.27. The molecule has 90 valence electrons. The second kappa shape index (κ2) is 4.99. The average molecular weight is 256 g/mol. The summed E-state index contributed by atoms with van der Waals surface area (Å²) in [5.74, 6) is -0.0975. The molecular formula is C9H18ClNO3S. The molecule has 0 spiro atoms. The number of likely N-dealkylation sites (N-methyl/N-ethyl adjacent to an activating group) is 1. The van der Waals surface area contributed by atoms with Gasteiger partial charge in [0, 0.05) is 23.8 Å². The third kappa shape index (κ3) is 4.26. The molecule has 1 aliphatic heterocycles. The Labute approximate surface area is 96.0 Å². The van der Waals surface area contributed by atoms with Crippen molar-refractivity contribution in [3.8, 4) is 0 Å². The Kier molecular flexibility index (Phi) is 4.40. The molecule has 1 unspecified atom stereocenters. The number of hydrogen-bond acceptors (Lipinski definition) is 4. The van der Waals surface area contributed by atoms with Crippen LogP contribution in [0.5, 0.6) is 0 Å². The fourth-order valence-electron chi connectivity index (χ4n) is 2.22. The highest BCUT2D eigenvalue weighted by atomic mass is 35.7. The quantitative estimate of drug-likeness (QED) is 0.705. The van der Waals surface area contributed by atoms with E-state index in [1.165, 1.54) is 0 Å². The van der Waals surface area contributed by atoms with Gasteiger partial charge in [-0.15, -0.1) is 0 Å². The topological polar surface area (TPSA) is 46.6 Å². The van der Waals surface area contributed by atoms with E-state index in [1.54, 1.807) is 0 Å². The molecule has 0 bridgehead atoms. The van der Waals surface area contributed by atoms with Gasteiger partial charge in [0.2, 0.25) is 9.05 Å². The Hall–Kier alpha value is 0.160. The van der Waals surface area contributed by atoms with E-state index in [0.29, 0.717) is 13.2 Å². The molecular weight excluding hydrogens is 238 g/mol. The van der Waals surface area contributed by atoms with Gasteiger partial charge in [0.15, 0.2) is 0 Å². The van der Waals surface area contributed by atoms with Gasteiger partial charge in [-0.05, 0) is 33.4 Å². The van der Waals surface area contributed by atoms with Crippen LogP contribution in [0, 0.1) is 0 Å². The Morgan fingerprint density at radius 3 is 2.67 bits per heavy atom. The highest BCUT2D eigenvalue weighted by Gasteiger charge is 2.38. The van der Waals surface area contributed by atoms with E-state index < -0.39 is 14.7 Å². The van der Waals surface area contributed by atoms with Crippen molar-refractivity contribution in [1.29, 1.82) is 0 Å². The van der Waals surface area contributed by atoms with Gasteiger partial charge in [-0.25, -0.2) is 8.42 Å². The number of ether oxygens (including phenoxy) is 1. The maximum Gasteiger partial charge on any atom is 0.235 e. The predicted octanol–water partition coefficient (Wildman–Crippen LogP) is 1.06. The van der Waals surface area contributed by atoms with Crippen molar-refractivity contribution in [2.75, 3.05) is 32.5 Å². The Bertz CT molecular complexity index is 302. The molecule has 0 aromatic heterocycles. The molecule has 15 heavy (non-hydrogen) atoms. The van der Waals surface area contributed by atoms with E-state index in [0.717, 1.165) is 19.4 Å². The lowest BCUT2D eigenvalue weighted by Gasteiger charge is -2.40. The summed E-state index contributed by atoms with van der Waals surface area (Å²) >= 11 is 0. The molecule has 1 heterocycles. The van der Waals surface area contributed by atoms with Gasteiger partial charge in [-0.3, -0.25) is 0 Å². The monoisotopic (exact) mass is 255 g/mol. The van der Waals surface area contributed by atoms with E-state index >= 15 is 0 Å². The molecule has 6 heteroatoms. The largest absolute Gasteiger partial charge is 0.373 e. The molecule has 4 nitrogen and oxygen atoms in total. The first-order valence-electron chi connectivity index (χ1n) is 5.12. The molecule has 0 radical (unpaired) electrons. The van der Waals surface area contributed by atoms with E-state index in [4.69, 9.17) is 15.4 Å². The van der Waals surface area contributed by atoms with Gasteiger partial charge >= 0.3 is 0 Å². The normalized spacial score (nSPS) is 29.3.